The number of methoxy groups -OCH3 is 1. The van der Waals surface area contributed by atoms with Gasteiger partial charge in [-0.1, -0.05) is 6.07 Å². The third kappa shape index (κ3) is 3.97. The lowest BCUT2D eigenvalue weighted by Crippen LogP contribution is -2.31. The smallest absolute Gasteiger partial charge is 0.243 e. The maximum absolute atomic E-state index is 13.3. The summed E-state index contributed by atoms with van der Waals surface area (Å²) in [5.41, 5.74) is 0.535. The van der Waals surface area contributed by atoms with E-state index in [1.165, 1.54) is 26.3 Å². The van der Waals surface area contributed by atoms with Crippen molar-refractivity contribution in [2.45, 2.75) is 11.4 Å². The zero-order chi connectivity index (χ0) is 14.5. The lowest BCUT2D eigenvalue weighted by atomic mass is 10.2. The van der Waals surface area contributed by atoms with Crippen LogP contribution in [0.2, 0.25) is 0 Å². The van der Waals surface area contributed by atoms with Gasteiger partial charge >= 0.3 is 0 Å². The lowest BCUT2D eigenvalue weighted by Gasteiger charge is -2.19. The van der Waals surface area contributed by atoms with Crippen LogP contribution in [0.4, 0.5) is 4.39 Å². The van der Waals surface area contributed by atoms with Gasteiger partial charge in [-0.3, -0.25) is 0 Å². The molecule has 7 heteroatoms. The zero-order valence-corrected chi connectivity index (χ0v) is 12.1. The number of ether oxygens (including phenoxy) is 1. The largest absolute Gasteiger partial charge is 0.383 e. The molecule has 0 aliphatic carbocycles. The highest BCUT2D eigenvalue weighted by atomic mass is 32.2. The Bertz CT molecular complexity index is 520. The Kier molecular flexibility index (Phi) is 5.86. The minimum absolute atomic E-state index is 0.0135. The highest BCUT2D eigenvalue weighted by molar-refractivity contribution is 7.89. The van der Waals surface area contributed by atoms with Gasteiger partial charge in [-0.15, -0.1) is 0 Å². The lowest BCUT2D eigenvalue weighted by molar-refractivity contribution is 0.185. The minimum atomic E-state index is -3.71. The summed E-state index contributed by atoms with van der Waals surface area (Å²) in [5.74, 6) is -0.571. The second-order valence-electron chi connectivity index (χ2n) is 4.10. The van der Waals surface area contributed by atoms with Crippen molar-refractivity contribution in [2.24, 2.45) is 0 Å². The summed E-state index contributed by atoms with van der Waals surface area (Å²) in [5, 5.41) is 2.87. The number of benzene rings is 1. The molecule has 0 radical (unpaired) electrons. The number of sulfonamides is 1. The molecule has 0 aliphatic rings. The van der Waals surface area contributed by atoms with E-state index < -0.39 is 15.8 Å². The number of rotatable bonds is 7. The van der Waals surface area contributed by atoms with Crippen LogP contribution in [0.3, 0.4) is 0 Å². The first-order valence-electron chi connectivity index (χ1n) is 5.81. The Morgan fingerprint density at radius 3 is 2.68 bits per heavy atom. The van der Waals surface area contributed by atoms with Crippen LogP contribution in [0.15, 0.2) is 23.1 Å². The predicted molar refractivity (Wildman–Crippen MR) is 70.9 cm³/mol. The third-order valence-corrected chi connectivity index (χ3v) is 4.63. The molecule has 108 valence electrons. The fraction of sp³-hybridized carbons (Fsp3) is 0.500. The summed E-state index contributed by atoms with van der Waals surface area (Å²) < 4.78 is 44.0. The number of nitrogens with zero attached hydrogens (tertiary/aromatic N) is 1. The van der Waals surface area contributed by atoms with Crippen molar-refractivity contribution in [1.82, 2.24) is 9.62 Å². The molecule has 0 fully saturated rings. The standard InChI is InChI=1S/C12H19FN2O3S/c1-14-9-10-4-5-11(13)8-12(10)19(16,17)15(2)6-7-18-3/h4-5,8,14H,6-7,9H2,1-3H3. The molecule has 0 aromatic heterocycles. The Labute approximate surface area is 113 Å². The van der Waals surface area contributed by atoms with Gasteiger partial charge in [-0.25, -0.2) is 12.8 Å². The minimum Gasteiger partial charge on any atom is -0.383 e. The van der Waals surface area contributed by atoms with Gasteiger partial charge in [0.1, 0.15) is 5.82 Å². The van der Waals surface area contributed by atoms with Crippen LogP contribution >= 0.6 is 0 Å². The van der Waals surface area contributed by atoms with Crippen molar-refractivity contribution in [3.8, 4) is 0 Å². The first-order valence-corrected chi connectivity index (χ1v) is 7.25. The molecular formula is C12H19FN2O3S. The quantitative estimate of drug-likeness (QED) is 0.807. The van der Waals surface area contributed by atoms with E-state index >= 15 is 0 Å². The Morgan fingerprint density at radius 1 is 1.42 bits per heavy atom. The van der Waals surface area contributed by atoms with Crippen molar-refractivity contribution in [3.63, 3.8) is 0 Å². The van der Waals surface area contributed by atoms with Gasteiger partial charge < -0.3 is 10.1 Å². The van der Waals surface area contributed by atoms with Crippen LogP contribution < -0.4 is 5.32 Å². The Morgan fingerprint density at radius 2 is 2.11 bits per heavy atom. The van der Waals surface area contributed by atoms with Crippen molar-refractivity contribution >= 4 is 10.0 Å². The number of hydrogen-bond acceptors (Lipinski definition) is 4. The fourth-order valence-electron chi connectivity index (χ4n) is 1.61. The molecule has 0 spiro atoms. The summed E-state index contributed by atoms with van der Waals surface area (Å²) >= 11 is 0. The average Bonchev–Trinajstić information content (AvgIpc) is 2.38. The molecule has 0 atom stereocenters. The Hall–Kier alpha value is -1.02. The van der Waals surface area contributed by atoms with Crippen molar-refractivity contribution in [1.29, 1.82) is 0 Å². The van der Waals surface area contributed by atoms with Crippen LogP contribution in [0.1, 0.15) is 5.56 Å². The third-order valence-electron chi connectivity index (χ3n) is 2.69. The van der Waals surface area contributed by atoms with Crippen LogP contribution in [0, 0.1) is 5.82 Å². The molecule has 0 heterocycles. The molecule has 1 aromatic carbocycles. The van der Waals surface area contributed by atoms with Crippen molar-refractivity contribution in [2.75, 3.05) is 34.4 Å². The molecule has 1 N–H and O–H groups in total. The molecule has 0 unspecified atom stereocenters. The molecule has 0 saturated heterocycles. The molecule has 1 rings (SSSR count). The maximum Gasteiger partial charge on any atom is 0.243 e. The first kappa shape index (κ1) is 16.0. The van der Waals surface area contributed by atoms with Gasteiger partial charge in [0, 0.05) is 27.2 Å². The molecule has 19 heavy (non-hydrogen) atoms. The summed E-state index contributed by atoms with van der Waals surface area (Å²) in [4.78, 5) is -0.0135. The molecular weight excluding hydrogens is 271 g/mol. The summed E-state index contributed by atoms with van der Waals surface area (Å²) in [7, 11) is 0.931. The normalized spacial score (nSPS) is 12.1. The van der Waals surface area contributed by atoms with E-state index in [4.69, 9.17) is 4.74 Å². The van der Waals surface area contributed by atoms with Crippen molar-refractivity contribution < 1.29 is 17.5 Å². The van der Waals surface area contributed by atoms with E-state index in [0.29, 0.717) is 12.1 Å². The first-order chi connectivity index (χ1) is 8.93. The molecule has 1 aromatic rings. The molecule has 0 saturated carbocycles. The average molecular weight is 290 g/mol. The van der Waals surface area contributed by atoms with Gasteiger partial charge in [0.05, 0.1) is 11.5 Å². The summed E-state index contributed by atoms with van der Waals surface area (Å²) in [6, 6.07) is 3.77. The number of likely N-dealkylation sites (N-methyl/N-ethyl adjacent to an activating group) is 1. The molecule has 0 bridgehead atoms. The van der Waals surface area contributed by atoms with E-state index in [0.717, 1.165) is 10.4 Å². The van der Waals surface area contributed by atoms with Crippen LogP contribution in [-0.2, 0) is 21.3 Å². The number of nitrogens with one attached hydrogen (secondary N) is 1. The second-order valence-corrected chi connectivity index (χ2v) is 6.12. The monoisotopic (exact) mass is 290 g/mol. The van der Waals surface area contributed by atoms with E-state index in [-0.39, 0.29) is 18.0 Å². The highest BCUT2D eigenvalue weighted by Crippen LogP contribution is 2.20. The van der Waals surface area contributed by atoms with Gasteiger partial charge in [0.2, 0.25) is 10.0 Å². The van der Waals surface area contributed by atoms with E-state index in [1.807, 2.05) is 0 Å². The SMILES string of the molecule is CNCc1ccc(F)cc1S(=O)(=O)N(C)CCOC. The van der Waals surface area contributed by atoms with Gasteiger partial charge in [0.15, 0.2) is 0 Å². The zero-order valence-electron chi connectivity index (χ0n) is 11.3. The molecule has 5 nitrogen and oxygen atoms in total. The van der Waals surface area contributed by atoms with E-state index in [1.54, 1.807) is 7.05 Å². The summed E-state index contributed by atoms with van der Waals surface area (Å²) in [6.45, 7) is 0.855. The second kappa shape index (κ2) is 6.95. The maximum atomic E-state index is 13.3. The molecule has 0 aliphatic heterocycles. The number of hydrogen-bond donors (Lipinski definition) is 1. The van der Waals surface area contributed by atoms with Gasteiger partial charge in [-0.2, -0.15) is 4.31 Å². The fourth-order valence-corrected chi connectivity index (χ4v) is 3.00. The Balaban J connectivity index is 3.15. The van der Waals surface area contributed by atoms with Gasteiger partial charge in [0.25, 0.3) is 0 Å². The number of halogens is 1. The van der Waals surface area contributed by atoms with Crippen LogP contribution in [0.5, 0.6) is 0 Å². The van der Waals surface area contributed by atoms with E-state index in [2.05, 4.69) is 5.32 Å². The van der Waals surface area contributed by atoms with E-state index in [9.17, 15) is 12.8 Å². The van der Waals surface area contributed by atoms with Crippen LogP contribution in [-0.4, -0.2) is 47.1 Å². The van der Waals surface area contributed by atoms with Gasteiger partial charge in [-0.05, 0) is 24.7 Å². The molecule has 0 amide bonds. The predicted octanol–water partition coefficient (Wildman–Crippen LogP) is 0.812. The summed E-state index contributed by atoms with van der Waals surface area (Å²) in [6.07, 6.45) is 0. The van der Waals surface area contributed by atoms with Crippen molar-refractivity contribution in [3.05, 3.63) is 29.6 Å². The van der Waals surface area contributed by atoms with Crippen LogP contribution in [0.25, 0.3) is 0 Å². The highest BCUT2D eigenvalue weighted by Gasteiger charge is 2.24. The topological polar surface area (TPSA) is 58.6 Å².